The topological polar surface area (TPSA) is 84.6 Å². The lowest BCUT2D eigenvalue weighted by Gasteiger charge is -2.22. The predicted octanol–water partition coefficient (Wildman–Crippen LogP) is 1.84. The molecule has 1 aromatic rings. The van der Waals surface area contributed by atoms with Crippen LogP contribution in [0.3, 0.4) is 0 Å². The average molecular weight is 266 g/mol. The first-order valence-corrected chi connectivity index (χ1v) is 6.29. The van der Waals surface area contributed by atoms with E-state index in [9.17, 15) is 9.18 Å². The molecule has 2 aliphatic rings. The van der Waals surface area contributed by atoms with Crippen LogP contribution in [0, 0.1) is 5.82 Å². The SMILES string of the molecule is Nc1c(F)ccc(NC2CC3CCC2O3)c1C(=O)O. The quantitative estimate of drug-likeness (QED) is 0.727. The Morgan fingerprint density at radius 1 is 1.47 bits per heavy atom. The van der Waals surface area contributed by atoms with Gasteiger partial charge in [0.1, 0.15) is 11.4 Å². The van der Waals surface area contributed by atoms with Crippen LogP contribution in [0.15, 0.2) is 12.1 Å². The summed E-state index contributed by atoms with van der Waals surface area (Å²) in [4.78, 5) is 11.2. The summed E-state index contributed by atoms with van der Waals surface area (Å²) in [6, 6.07) is 2.67. The molecule has 0 aliphatic carbocycles. The Hall–Kier alpha value is -1.82. The van der Waals surface area contributed by atoms with Crippen LogP contribution >= 0.6 is 0 Å². The van der Waals surface area contributed by atoms with Crippen molar-refractivity contribution in [2.75, 3.05) is 11.1 Å². The van der Waals surface area contributed by atoms with Crippen LogP contribution in [0.2, 0.25) is 0 Å². The normalized spacial score (nSPS) is 28.6. The van der Waals surface area contributed by atoms with Crippen molar-refractivity contribution < 1.29 is 19.0 Å². The molecule has 102 valence electrons. The van der Waals surface area contributed by atoms with Crippen molar-refractivity contribution in [3.63, 3.8) is 0 Å². The van der Waals surface area contributed by atoms with Crippen molar-refractivity contribution in [3.05, 3.63) is 23.5 Å². The second kappa shape index (κ2) is 4.38. The number of nitrogens with one attached hydrogen (secondary N) is 1. The van der Waals surface area contributed by atoms with Gasteiger partial charge in [0.15, 0.2) is 0 Å². The number of anilines is 2. The minimum absolute atomic E-state index is 0.0710. The Morgan fingerprint density at radius 3 is 2.84 bits per heavy atom. The van der Waals surface area contributed by atoms with Gasteiger partial charge in [-0.3, -0.25) is 0 Å². The summed E-state index contributed by atoms with van der Waals surface area (Å²) in [6.45, 7) is 0. The van der Waals surface area contributed by atoms with E-state index in [1.807, 2.05) is 0 Å². The van der Waals surface area contributed by atoms with E-state index < -0.39 is 11.8 Å². The number of benzene rings is 1. The van der Waals surface area contributed by atoms with Crippen LogP contribution in [-0.2, 0) is 4.74 Å². The second-order valence-electron chi connectivity index (χ2n) is 5.05. The number of hydrogen-bond acceptors (Lipinski definition) is 4. The fourth-order valence-electron chi connectivity index (χ4n) is 2.93. The molecule has 0 saturated carbocycles. The number of halogens is 1. The van der Waals surface area contributed by atoms with Gasteiger partial charge >= 0.3 is 5.97 Å². The van der Waals surface area contributed by atoms with Crippen molar-refractivity contribution in [1.29, 1.82) is 0 Å². The van der Waals surface area contributed by atoms with E-state index in [4.69, 9.17) is 15.6 Å². The van der Waals surface area contributed by atoms with E-state index in [0.717, 1.165) is 19.3 Å². The highest BCUT2D eigenvalue weighted by atomic mass is 19.1. The van der Waals surface area contributed by atoms with Crippen LogP contribution in [0.5, 0.6) is 0 Å². The lowest BCUT2D eigenvalue weighted by atomic mass is 9.95. The van der Waals surface area contributed by atoms with E-state index in [1.54, 1.807) is 0 Å². The molecule has 2 heterocycles. The molecule has 1 aromatic carbocycles. The number of aromatic carboxylic acids is 1. The number of nitrogen functional groups attached to an aromatic ring is 1. The van der Waals surface area contributed by atoms with Crippen LogP contribution in [-0.4, -0.2) is 29.3 Å². The van der Waals surface area contributed by atoms with Gasteiger partial charge in [-0.15, -0.1) is 0 Å². The molecule has 3 rings (SSSR count). The summed E-state index contributed by atoms with van der Waals surface area (Å²) >= 11 is 0. The van der Waals surface area contributed by atoms with E-state index in [-0.39, 0.29) is 29.5 Å². The molecule has 3 atom stereocenters. The number of ether oxygens (including phenoxy) is 1. The number of hydrogen-bond donors (Lipinski definition) is 3. The zero-order chi connectivity index (χ0) is 13.6. The third kappa shape index (κ3) is 2.02. The lowest BCUT2D eigenvalue weighted by molar-refractivity contribution is 0.0698. The summed E-state index contributed by atoms with van der Waals surface area (Å²) in [6.07, 6.45) is 3.24. The molecule has 0 spiro atoms. The molecule has 6 heteroatoms. The summed E-state index contributed by atoms with van der Waals surface area (Å²) < 4.78 is 19.0. The van der Waals surface area contributed by atoms with Crippen molar-refractivity contribution >= 4 is 17.3 Å². The zero-order valence-electron chi connectivity index (χ0n) is 10.2. The van der Waals surface area contributed by atoms with Gasteiger partial charge in [-0.1, -0.05) is 0 Å². The summed E-state index contributed by atoms with van der Waals surface area (Å²) in [7, 11) is 0. The monoisotopic (exact) mass is 266 g/mol. The van der Waals surface area contributed by atoms with Gasteiger partial charge in [0.05, 0.1) is 29.6 Å². The van der Waals surface area contributed by atoms with E-state index in [0.29, 0.717) is 5.69 Å². The minimum Gasteiger partial charge on any atom is -0.478 e. The second-order valence-corrected chi connectivity index (χ2v) is 5.05. The number of carbonyl (C=O) groups is 1. The molecule has 2 saturated heterocycles. The highest BCUT2D eigenvalue weighted by Crippen LogP contribution is 2.37. The Kier molecular flexibility index (Phi) is 2.82. The van der Waals surface area contributed by atoms with Gasteiger partial charge in [0.25, 0.3) is 0 Å². The van der Waals surface area contributed by atoms with Crippen molar-refractivity contribution in [1.82, 2.24) is 0 Å². The molecule has 5 nitrogen and oxygen atoms in total. The fourth-order valence-corrected chi connectivity index (χ4v) is 2.93. The molecule has 19 heavy (non-hydrogen) atoms. The molecule has 0 amide bonds. The average Bonchev–Trinajstić information content (AvgIpc) is 2.95. The smallest absolute Gasteiger partial charge is 0.340 e. The summed E-state index contributed by atoms with van der Waals surface area (Å²) in [5, 5.41) is 12.3. The zero-order valence-corrected chi connectivity index (χ0v) is 10.2. The molecule has 0 radical (unpaired) electrons. The third-order valence-electron chi connectivity index (χ3n) is 3.85. The van der Waals surface area contributed by atoms with Gasteiger partial charge in [-0.2, -0.15) is 0 Å². The van der Waals surface area contributed by atoms with Gasteiger partial charge in [-0.05, 0) is 31.4 Å². The van der Waals surface area contributed by atoms with E-state index in [2.05, 4.69) is 5.32 Å². The Balaban J connectivity index is 1.88. The number of nitrogens with two attached hydrogens (primary N) is 1. The molecule has 2 fully saturated rings. The number of carboxylic acid groups (broad SMARTS) is 1. The van der Waals surface area contributed by atoms with Gasteiger partial charge in [-0.25, -0.2) is 9.18 Å². The number of rotatable bonds is 3. The molecule has 3 unspecified atom stereocenters. The van der Waals surface area contributed by atoms with Crippen LogP contribution in [0.1, 0.15) is 29.6 Å². The summed E-state index contributed by atoms with van der Waals surface area (Å²) in [5.41, 5.74) is 5.32. The van der Waals surface area contributed by atoms with Gasteiger partial charge in [0, 0.05) is 0 Å². The molecular formula is C13H15FN2O3. The first-order valence-electron chi connectivity index (χ1n) is 6.29. The van der Waals surface area contributed by atoms with E-state index in [1.165, 1.54) is 12.1 Å². The van der Waals surface area contributed by atoms with Crippen LogP contribution in [0.4, 0.5) is 15.8 Å². The predicted molar refractivity (Wildman–Crippen MR) is 67.7 cm³/mol. The molecule has 2 bridgehead atoms. The maximum atomic E-state index is 13.3. The Morgan fingerprint density at radius 2 is 2.26 bits per heavy atom. The fraction of sp³-hybridized carbons (Fsp3) is 0.462. The lowest BCUT2D eigenvalue weighted by Crippen LogP contribution is -2.31. The molecule has 2 aliphatic heterocycles. The number of carboxylic acids is 1. The number of fused-ring (bicyclic) bond motifs is 2. The van der Waals surface area contributed by atoms with Crippen LogP contribution < -0.4 is 11.1 Å². The van der Waals surface area contributed by atoms with Crippen LogP contribution in [0.25, 0.3) is 0 Å². The maximum Gasteiger partial charge on any atom is 0.340 e. The van der Waals surface area contributed by atoms with Crippen molar-refractivity contribution in [3.8, 4) is 0 Å². The largest absolute Gasteiger partial charge is 0.478 e. The standard InChI is InChI=1S/C13H15FN2O3/c14-7-2-3-8(11(12(7)15)13(17)18)16-9-5-6-1-4-10(9)19-6/h2-3,6,9-10,16H,1,4-5,15H2,(H,17,18). The maximum absolute atomic E-state index is 13.3. The molecule has 4 N–H and O–H groups in total. The minimum atomic E-state index is -1.23. The van der Waals surface area contributed by atoms with Gasteiger partial charge in [0.2, 0.25) is 0 Å². The highest BCUT2D eigenvalue weighted by Gasteiger charge is 2.41. The first kappa shape index (κ1) is 12.2. The van der Waals surface area contributed by atoms with Gasteiger partial charge < -0.3 is 20.9 Å². The Bertz CT molecular complexity index is 535. The molecular weight excluding hydrogens is 251 g/mol. The summed E-state index contributed by atoms with van der Waals surface area (Å²) in [5.74, 6) is -1.95. The Labute approximate surface area is 109 Å². The highest BCUT2D eigenvalue weighted by molar-refractivity contribution is 6.00. The van der Waals surface area contributed by atoms with Crippen molar-refractivity contribution in [2.24, 2.45) is 0 Å². The van der Waals surface area contributed by atoms with E-state index >= 15 is 0 Å². The first-order chi connectivity index (χ1) is 9.06. The third-order valence-corrected chi connectivity index (χ3v) is 3.85. The molecule has 0 aromatic heterocycles. The van der Waals surface area contributed by atoms with Crippen molar-refractivity contribution in [2.45, 2.75) is 37.5 Å².